The summed E-state index contributed by atoms with van der Waals surface area (Å²) in [6.45, 7) is 3.80. The first-order valence-electron chi connectivity index (χ1n) is 9.99. The molecule has 11 heteroatoms. The number of aromatic nitrogens is 3. The van der Waals surface area contributed by atoms with Gasteiger partial charge in [-0.25, -0.2) is 9.18 Å². The number of thioether (sulfide) groups is 1. The highest BCUT2D eigenvalue weighted by Crippen LogP contribution is 2.30. The summed E-state index contributed by atoms with van der Waals surface area (Å²) in [4.78, 5) is 24.0. The molecular weight excluding hydrogens is 471 g/mol. The Bertz CT molecular complexity index is 1140. The maximum Gasteiger partial charge on any atom is 0.338 e. The second kappa shape index (κ2) is 11.2. The molecule has 174 valence electrons. The summed E-state index contributed by atoms with van der Waals surface area (Å²) < 4.78 is 25.7. The average molecular weight is 493 g/mol. The number of nitrogens with zero attached hydrogens (tertiary/aromatic N) is 3. The summed E-state index contributed by atoms with van der Waals surface area (Å²) in [6, 6.07) is 10.3. The van der Waals surface area contributed by atoms with Gasteiger partial charge in [-0.1, -0.05) is 23.4 Å². The minimum atomic E-state index is -0.508. The van der Waals surface area contributed by atoms with Crippen molar-refractivity contribution >= 4 is 40.9 Å². The summed E-state index contributed by atoms with van der Waals surface area (Å²) in [5.74, 6) is -0.153. The lowest BCUT2D eigenvalue weighted by molar-refractivity contribution is -0.113. The number of nitrogens with one attached hydrogen (secondary N) is 1. The molecule has 0 aliphatic rings. The third kappa shape index (κ3) is 6.45. The van der Waals surface area contributed by atoms with Gasteiger partial charge in [-0.05, 0) is 56.3 Å². The van der Waals surface area contributed by atoms with Gasteiger partial charge in [0.25, 0.3) is 0 Å². The van der Waals surface area contributed by atoms with Crippen molar-refractivity contribution in [2.45, 2.75) is 25.1 Å². The van der Waals surface area contributed by atoms with Gasteiger partial charge >= 0.3 is 5.97 Å². The van der Waals surface area contributed by atoms with Crippen LogP contribution in [0.1, 0.15) is 36.1 Å². The van der Waals surface area contributed by atoms with Crippen LogP contribution in [0.5, 0.6) is 5.75 Å². The largest absolute Gasteiger partial charge is 0.481 e. The molecule has 3 rings (SSSR count). The van der Waals surface area contributed by atoms with Gasteiger partial charge < -0.3 is 19.4 Å². The number of ether oxygens (including phenoxy) is 2. The van der Waals surface area contributed by atoms with Gasteiger partial charge in [0.15, 0.2) is 17.1 Å². The van der Waals surface area contributed by atoms with Crippen LogP contribution in [0.15, 0.2) is 47.6 Å². The topological polar surface area (TPSA) is 95.3 Å². The van der Waals surface area contributed by atoms with Crippen LogP contribution in [0.3, 0.4) is 0 Å². The number of esters is 1. The first-order valence-corrected chi connectivity index (χ1v) is 11.4. The van der Waals surface area contributed by atoms with Crippen molar-refractivity contribution in [1.29, 1.82) is 0 Å². The number of amides is 1. The molecular formula is C22H22ClFN4O4S. The summed E-state index contributed by atoms with van der Waals surface area (Å²) >= 11 is 7.23. The molecule has 0 fully saturated rings. The number of hydrogen-bond donors (Lipinski definition) is 1. The monoisotopic (exact) mass is 492 g/mol. The van der Waals surface area contributed by atoms with Crippen molar-refractivity contribution in [2.75, 3.05) is 17.7 Å². The van der Waals surface area contributed by atoms with Crippen molar-refractivity contribution in [2.24, 2.45) is 7.05 Å². The van der Waals surface area contributed by atoms with E-state index < -0.39 is 17.9 Å². The van der Waals surface area contributed by atoms with E-state index in [0.717, 1.165) is 0 Å². The van der Waals surface area contributed by atoms with Crippen molar-refractivity contribution in [3.8, 4) is 5.75 Å². The maximum absolute atomic E-state index is 13.2. The second-order valence-electron chi connectivity index (χ2n) is 6.87. The Balaban J connectivity index is 1.55. The number of carbonyl (C=O) groups is 2. The zero-order valence-corrected chi connectivity index (χ0v) is 19.7. The first kappa shape index (κ1) is 24.5. The highest BCUT2D eigenvalue weighted by Gasteiger charge is 2.19. The van der Waals surface area contributed by atoms with Gasteiger partial charge in [0.2, 0.25) is 5.91 Å². The van der Waals surface area contributed by atoms with Crippen LogP contribution in [-0.2, 0) is 16.6 Å². The van der Waals surface area contributed by atoms with Gasteiger partial charge in [0.05, 0.1) is 22.9 Å². The van der Waals surface area contributed by atoms with Crippen molar-refractivity contribution < 1.29 is 23.5 Å². The van der Waals surface area contributed by atoms with Crippen molar-refractivity contribution in [3.63, 3.8) is 0 Å². The molecule has 1 aromatic heterocycles. The second-order valence-corrected chi connectivity index (χ2v) is 8.22. The zero-order chi connectivity index (χ0) is 24.0. The average Bonchev–Trinajstić information content (AvgIpc) is 3.15. The van der Waals surface area contributed by atoms with Gasteiger partial charge in [-0.3, -0.25) is 4.79 Å². The maximum atomic E-state index is 13.2. The third-order valence-electron chi connectivity index (χ3n) is 4.44. The summed E-state index contributed by atoms with van der Waals surface area (Å²) in [7, 11) is 1.76. The molecule has 0 saturated carbocycles. The molecule has 2 aromatic carbocycles. The van der Waals surface area contributed by atoms with Gasteiger partial charge in [0, 0.05) is 12.7 Å². The molecule has 0 spiro atoms. The van der Waals surface area contributed by atoms with Gasteiger partial charge in [-0.2, -0.15) is 0 Å². The number of anilines is 1. The number of rotatable bonds is 9. The van der Waals surface area contributed by atoms with Crippen LogP contribution in [0, 0.1) is 5.82 Å². The van der Waals surface area contributed by atoms with E-state index in [0.29, 0.717) is 34.6 Å². The van der Waals surface area contributed by atoms with Crippen LogP contribution in [0.4, 0.5) is 10.1 Å². The molecule has 3 aromatic rings. The van der Waals surface area contributed by atoms with E-state index in [9.17, 15) is 14.0 Å². The quantitative estimate of drug-likeness (QED) is 0.343. The smallest absolute Gasteiger partial charge is 0.338 e. The lowest BCUT2D eigenvalue weighted by Gasteiger charge is -2.15. The third-order valence-corrected chi connectivity index (χ3v) is 5.76. The Morgan fingerprint density at radius 1 is 1.21 bits per heavy atom. The Morgan fingerprint density at radius 3 is 2.61 bits per heavy atom. The van der Waals surface area contributed by atoms with Crippen LogP contribution in [0.25, 0.3) is 0 Å². The molecule has 0 aliphatic heterocycles. The standard InChI is InChI=1S/C22H22ClFN4O4S/c1-4-31-21(30)14-5-8-16(9-6-14)25-19(29)12-33-22-27-26-20(28(22)3)13(2)32-18-10-7-15(24)11-17(18)23/h5-11,13H,4,12H2,1-3H3,(H,25,29). The predicted molar refractivity (Wildman–Crippen MR) is 123 cm³/mol. The normalized spacial score (nSPS) is 11.7. The fraction of sp³-hybridized carbons (Fsp3) is 0.273. The highest BCUT2D eigenvalue weighted by atomic mass is 35.5. The zero-order valence-electron chi connectivity index (χ0n) is 18.2. The fourth-order valence-corrected chi connectivity index (χ4v) is 3.78. The van der Waals surface area contributed by atoms with Gasteiger partial charge in [-0.15, -0.1) is 10.2 Å². The molecule has 1 unspecified atom stereocenters. The number of benzene rings is 2. The molecule has 0 saturated heterocycles. The Hall–Kier alpha value is -3.11. The lowest BCUT2D eigenvalue weighted by atomic mass is 10.2. The van der Waals surface area contributed by atoms with E-state index in [2.05, 4.69) is 15.5 Å². The SMILES string of the molecule is CCOC(=O)c1ccc(NC(=O)CSc2nnc(C(C)Oc3ccc(F)cc3Cl)n2C)cc1. The van der Waals surface area contributed by atoms with E-state index in [-0.39, 0.29) is 16.7 Å². The predicted octanol–water partition coefficient (Wildman–Crippen LogP) is 4.66. The lowest BCUT2D eigenvalue weighted by Crippen LogP contribution is -2.15. The highest BCUT2D eigenvalue weighted by molar-refractivity contribution is 7.99. The van der Waals surface area contributed by atoms with Crippen molar-refractivity contribution in [3.05, 3.63) is 64.7 Å². The van der Waals surface area contributed by atoms with Gasteiger partial charge in [0.1, 0.15) is 11.6 Å². The van der Waals surface area contributed by atoms with E-state index in [1.807, 2.05) is 0 Å². The molecule has 8 nitrogen and oxygen atoms in total. The Morgan fingerprint density at radius 2 is 1.94 bits per heavy atom. The molecule has 1 atom stereocenters. The van der Waals surface area contributed by atoms with Crippen LogP contribution < -0.4 is 10.1 Å². The van der Waals surface area contributed by atoms with E-state index in [4.69, 9.17) is 21.1 Å². The minimum absolute atomic E-state index is 0.102. The molecule has 0 radical (unpaired) electrons. The molecule has 1 heterocycles. The Labute approximate surface area is 199 Å². The number of halogens is 2. The molecule has 33 heavy (non-hydrogen) atoms. The fourth-order valence-electron chi connectivity index (χ4n) is 2.85. The van der Waals surface area contributed by atoms with Crippen molar-refractivity contribution in [1.82, 2.24) is 14.8 Å². The van der Waals surface area contributed by atoms with Crippen LogP contribution >= 0.6 is 23.4 Å². The van der Waals surface area contributed by atoms with E-state index in [1.54, 1.807) is 49.7 Å². The van der Waals surface area contributed by atoms with Crippen LogP contribution in [0.2, 0.25) is 5.02 Å². The minimum Gasteiger partial charge on any atom is -0.481 e. The van der Waals surface area contributed by atoms with E-state index >= 15 is 0 Å². The number of carbonyl (C=O) groups excluding carboxylic acids is 2. The van der Waals surface area contributed by atoms with Crippen LogP contribution in [-0.4, -0.2) is 39.0 Å². The molecule has 0 aliphatic carbocycles. The van der Waals surface area contributed by atoms with E-state index in [1.165, 1.54) is 30.0 Å². The number of hydrogen-bond acceptors (Lipinski definition) is 7. The molecule has 1 N–H and O–H groups in total. The summed E-state index contributed by atoms with van der Waals surface area (Å²) in [6.07, 6.45) is -0.508. The summed E-state index contributed by atoms with van der Waals surface area (Å²) in [5.41, 5.74) is 0.972. The Kier molecular flexibility index (Phi) is 8.29. The first-order chi connectivity index (χ1) is 15.8. The molecule has 0 bridgehead atoms. The molecule has 1 amide bonds. The summed E-state index contributed by atoms with van der Waals surface area (Å²) in [5, 5.41) is 11.7.